The maximum atomic E-state index is 12.7. The van der Waals surface area contributed by atoms with Crippen molar-refractivity contribution in [2.75, 3.05) is 19.0 Å². The Morgan fingerprint density at radius 1 is 1.03 bits per heavy atom. The van der Waals surface area contributed by atoms with Crippen molar-refractivity contribution in [3.05, 3.63) is 95.7 Å². The van der Waals surface area contributed by atoms with Gasteiger partial charge in [0.2, 0.25) is 0 Å². The number of aromatic nitrogens is 1. The minimum atomic E-state index is -0.264. The second kappa shape index (κ2) is 8.74. The Bertz CT molecular complexity index is 1150. The number of carbonyl (C=O) groups excluding carboxylic acids is 1. The first-order valence-electron chi connectivity index (χ1n) is 9.96. The maximum Gasteiger partial charge on any atom is 0.319 e. The minimum absolute atomic E-state index is 0.0208. The van der Waals surface area contributed by atoms with Gasteiger partial charge in [-0.15, -0.1) is 0 Å². The van der Waals surface area contributed by atoms with Crippen LogP contribution in [0.2, 0.25) is 0 Å². The topological polar surface area (TPSA) is 66.2 Å². The number of anilines is 1. The molecule has 0 aliphatic carbocycles. The molecular formula is C25H25N3O2. The summed E-state index contributed by atoms with van der Waals surface area (Å²) in [6.45, 7) is 2.44. The first kappa shape index (κ1) is 19.6. The van der Waals surface area contributed by atoms with Gasteiger partial charge in [0.05, 0.1) is 12.8 Å². The van der Waals surface area contributed by atoms with Crippen LogP contribution in [0, 0.1) is 6.92 Å². The molecular weight excluding hydrogens is 374 g/mol. The molecule has 0 aliphatic rings. The van der Waals surface area contributed by atoms with Gasteiger partial charge in [-0.25, -0.2) is 4.79 Å². The monoisotopic (exact) mass is 399 g/mol. The molecule has 4 rings (SSSR count). The largest absolute Gasteiger partial charge is 0.495 e. The summed E-state index contributed by atoms with van der Waals surface area (Å²) < 4.78 is 5.36. The van der Waals surface area contributed by atoms with Crippen LogP contribution in [-0.4, -0.2) is 24.7 Å². The number of rotatable bonds is 6. The zero-order valence-electron chi connectivity index (χ0n) is 17.1. The molecule has 152 valence electrons. The fraction of sp³-hybridized carbons (Fsp3) is 0.160. The third kappa shape index (κ3) is 4.15. The van der Waals surface area contributed by atoms with Gasteiger partial charge in [-0.2, -0.15) is 0 Å². The van der Waals surface area contributed by atoms with Gasteiger partial charge < -0.3 is 20.4 Å². The number of H-pyrrole nitrogens is 1. The van der Waals surface area contributed by atoms with Crippen molar-refractivity contribution in [2.45, 2.75) is 12.8 Å². The zero-order chi connectivity index (χ0) is 20.9. The van der Waals surface area contributed by atoms with Gasteiger partial charge in [-0.1, -0.05) is 54.6 Å². The Labute approximate surface area is 176 Å². The van der Waals surface area contributed by atoms with Crippen LogP contribution in [0.1, 0.15) is 22.6 Å². The summed E-state index contributed by atoms with van der Waals surface area (Å²) in [7, 11) is 1.59. The fourth-order valence-corrected chi connectivity index (χ4v) is 3.76. The van der Waals surface area contributed by atoms with Crippen molar-refractivity contribution < 1.29 is 9.53 Å². The van der Waals surface area contributed by atoms with E-state index in [1.807, 2.05) is 61.7 Å². The van der Waals surface area contributed by atoms with Crippen molar-refractivity contribution in [2.24, 2.45) is 0 Å². The maximum absolute atomic E-state index is 12.7. The number of fused-ring (bicyclic) bond motifs is 1. The van der Waals surface area contributed by atoms with Crippen LogP contribution in [-0.2, 0) is 0 Å². The normalized spacial score (nSPS) is 11.8. The molecule has 4 aromatic rings. The number of aromatic amines is 1. The number of amides is 2. The molecule has 1 atom stereocenters. The Hall–Kier alpha value is -3.73. The van der Waals surface area contributed by atoms with E-state index in [1.165, 1.54) is 0 Å². The van der Waals surface area contributed by atoms with Crippen LogP contribution in [0.5, 0.6) is 5.75 Å². The lowest BCUT2D eigenvalue weighted by Crippen LogP contribution is -2.32. The Kier molecular flexibility index (Phi) is 5.70. The lowest BCUT2D eigenvalue weighted by molar-refractivity contribution is 0.251. The standard InChI is InChI=1S/C25H25N3O2/c1-17-12-13-24(30-2)23(14-17)28-25(29)27-15-20(18-8-4-3-5-9-18)21-16-26-22-11-7-6-10-19(21)22/h3-14,16,20,26H,15H2,1-2H3,(H2,27,28,29)/t20-/m1/s1. The summed E-state index contributed by atoms with van der Waals surface area (Å²) in [6.07, 6.45) is 2.03. The number of methoxy groups -OCH3 is 1. The molecule has 1 aromatic heterocycles. The Balaban J connectivity index is 1.56. The number of ether oxygens (including phenoxy) is 1. The van der Waals surface area contributed by atoms with E-state index in [0.717, 1.165) is 27.6 Å². The van der Waals surface area contributed by atoms with E-state index in [-0.39, 0.29) is 11.9 Å². The summed E-state index contributed by atoms with van der Waals surface area (Å²) in [5.41, 5.74) is 5.09. The molecule has 0 spiro atoms. The number of hydrogen-bond donors (Lipinski definition) is 3. The number of para-hydroxylation sites is 1. The van der Waals surface area contributed by atoms with E-state index in [2.05, 4.69) is 39.9 Å². The van der Waals surface area contributed by atoms with E-state index >= 15 is 0 Å². The van der Waals surface area contributed by atoms with Crippen molar-refractivity contribution in [1.29, 1.82) is 0 Å². The van der Waals surface area contributed by atoms with Gasteiger partial charge in [0.1, 0.15) is 5.75 Å². The van der Waals surface area contributed by atoms with E-state index in [0.29, 0.717) is 18.0 Å². The van der Waals surface area contributed by atoms with Crippen LogP contribution >= 0.6 is 0 Å². The van der Waals surface area contributed by atoms with Gasteiger partial charge in [0.15, 0.2) is 0 Å². The number of benzene rings is 3. The smallest absolute Gasteiger partial charge is 0.319 e. The average Bonchev–Trinajstić information content (AvgIpc) is 3.19. The third-order valence-corrected chi connectivity index (χ3v) is 5.27. The van der Waals surface area contributed by atoms with E-state index in [1.54, 1.807) is 7.11 Å². The molecule has 3 N–H and O–H groups in total. The molecule has 0 bridgehead atoms. The third-order valence-electron chi connectivity index (χ3n) is 5.27. The number of hydrogen-bond acceptors (Lipinski definition) is 2. The zero-order valence-corrected chi connectivity index (χ0v) is 17.1. The average molecular weight is 399 g/mol. The van der Waals surface area contributed by atoms with Crippen LogP contribution in [0.4, 0.5) is 10.5 Å². The number of aryl methyl sites for hydroxylation is 1. The summed E-state index contributed by atoms with van der Waals surface area (Å²) in [5.74, 6) is 0.652. The Morgan fingerprint density at radius 2 is 1.80 bits per heavy atom. The molecule has 1 heterocycles. The van der Waals surface area contributed by atoms with E-state index in [9.17, 15) is 4.79 Å². The lowest BCUT2D eigenvalue weighted by Gasteiger charge is -2.19. The van der Waals surface area contributed by atoms with Gasteiger partial charge in [-0.3, -0.25) is 0 Å². The van der Waals surface area contributed by atoms with Crippen molar-refractivity contribution in [3.8, 4) is 5.75 Å². The second-order valence-corrected chi connectivity index (χ2v) is 7.29. The SMILES string of the molecule is COc1ccc(C)cc1NC(=O)NC[C@H](c1ccccc1)c1c[nH]c2ccccc12. The van der Waals surface area contributed by atoms with Crippen LogP contribution in [0.25, 0.3) is 10.9 Å². The highest BCUT2D eigenvalue weighted by atomic mass is 16.5. The summed E-state index contributed by atoms with van der Waals surface area (Å²) in [6, 6.07) is 23.9. The lowest BCUT2D eigenvalue weighted by atomic mass is 9.91. The highest BCUT2D eigenvalue weighted by Crippen LogP contribution is 2.30. The molecule has 0 aliphatic heterocycles. The minimum Gasteiger partial charge on any atom is -0.495 e. The summed E-state index contributed by atoms with van der Waals surface area (Å²) >= 11 is 0. The summed E-state index contributed by atoms with van der Waals surface area (Å²) in [5, 5.41) is 7.10. The predicted octanol–water partition coefficient (Wildman–Crippen LogP) is 5.44. The van der Waals surface area contributed by atoms with Gasteiger partial charge in [-0.05, 0) is 41.8 Å². The molecule has 5 heteroatoms. The highest BCUT2D eigenvalue weighted by molar-refractivity contribution is 5.91. The number of nitrogens with one attached hydrogen (secondary N) is 3. The van der Waals surface area contributed by atoms with Crippen LogP contribution in [0.15, 0.2) is 79.0 Å². The van der Waals surface area contributed by atoms with Crippen LogP contribution in [0.3, 0.4) is 0 Å². The van der Waals surface area contributed by atoms with Crippen LogP contribution < -0.4 is 15.4 Å². The van der Waals surface area contributed by atoms with E-state index in [4.69, 9.17) is 4.74 Å². The van der Waals surface area contributed by atoms with Crippen molar-refractivity contribution >= 4 is 22.6 Å². The first-order valence-corrected chi connectivity index (χ1v) is 9.96. The molecule has 2 amide bonds. The molecule has 0 radical (unpaired) electrons. The summed E-state index contributed by atoms with van der Waals surface area (Å²) in [4.78, 5) is 16.0. The highest BCUT2D eigenvalue weighted by Gasteiger charge is 2.19. The van der Waals surface area contributed by atoms with Gasteiger partial charge >= 0.3 is 6.03 Å². The molecule has 30 heavy (non-hydrogen) atoms. The van der Waals surface area contributed by atoms with Gasteiger partial charge in [0.25, 0.3) is 0 Å². The first-order chi connectivity index (χ1) is 14.7. The molecule has 0 fully saturated rings. The fourth-order valence-electron chi connectivity index (χ4n) is 3.76. The van der Waals surface area contributed by atoms with Crippen molar-refractivity contribution in [3.63, 3.8) is 0 Å². The van der Waals surface area contributed by atoms with E-state index < -0.39 is 0 Å². The predicted molar refractivity (Wildman–Crippen MR) is 121 cm³/mol. The molecule has 0 saturated heterocycles. The number of urea groups is 1. The van der Waals surface area contributed by atoms with Crippen molar-refractivity contribution in [1.82, 2.24) is 10.3 Å². The molecule has 0 unspecified atom stereocenters. The number of carbonyl (C=O) groups is 1. The quantitative estimate of drug-likeness (QED) is 0.404. The van der Waals surface area contributed by atoms with Gasteiger partial charge in [0, 0.05) is 29.6 Å². The molecule has 3 aromatic carbocycles. The molecule has 0 saturated carbocycles. The Morgan fingerprint density at radius 3 is 2.60 bits per heavy atom. The second-order valence-electron chi connectivity index (χ2n) is 7.29. The molecule has 5 nitrogen and oxygen atoms in total.